The second kappa shape index (κ2) is 5.39. The van der Waals surface area contributed by atoms with Gasteiger partial charge in [0.1, 0.15) is 6.04 Å². The summed E-state index contributed by atoms with van der Waals surface area (Å²) in [6.45, 7) is 0. The third-order valence-corrected chi connectivity index (χ3v) is 4.86. The predicted octanol–water partition coefficient (Wildman–Crippen LogP) is 4.10. The first kappa shape index (κ1) is 13.8. The van der Waals surface area contributed by atoms with Gasteiger partial charge < -0.3 is 5.32 Å². The molecule has 3 aromatic rings. The zero-order valence-electron chi connectivity index (χ0n) is 11.1. The van der Waals surface area contributed by atoms with Crippen LogP contribution in [0.5, 0.6) is 0 Å². The molecule has 0 unspecified atom stereocenters. The van der Waals surface area contributed by atoms with Crippen LogP contribution in [0.3, 0.4) is 0 Å². The Morgan fingerprint density at radius 2 is 2.14 bits per heavy atom. The number of anilines is 1. The van der Waals surface area contributed by atoms with Gasteiger partial charge >= 0.3 is 0 Å². The topological polar surface area (TPSA) is 55.6 Å². The Balaban J connectivity index is 1.86. The molecular formula is C14H9Cl2N5S. The summed E-state index contributed by atoms with van der Waals surface area (Å²) in [5.74, 6) is 0.585. The van der Waals surface area contributed by atoms with Crippen LogP contribution in [0.25, 0.3) is 5.70 Å². The van der Waals surface area contributed by atoms with E-state index in [2.05, 4.69) is 26.9 Å². The number of nitrogens with one attached hydrogen (secondary N) is 1. The highest BCUT2D eigenvalue weighted by atomic mass is 35.5. The standard InChI is InChI=1S/C14H9Cl2N5S/c15-8-3-4-9(10(16)6-8)12-7-11(13-2-1-5-22-13)17-14-18-19-20-21(12)14/h1-7,12H,(H,17,18,20)/t12-/m1/s1. The van der Waals surface area contributed by atoms with Crippen molar-refractivity contribution in [3.05, 3.63) is 62.3 Å². The minimum Gasteiger partial charge on any atom is -0.322 e. The second-order valence-electron chi connectivity index (χ2n) is 4.74. The van der Waals surface area contributed by atoms with Gasteiger partial charge in [-0.2, -0.15) is 4.68 Å². The van der Waals surface area contributed by atoms with Crippen LogP contribution >= 0.6 is 34.5 Å². The smallest absolute Gasteiger partial charge is 0.248 e. The minimum atomic E-state index is -0.187. The fourth-order valence-corrected chi connectivity index (χ4v) is 3.62. The first-order chi connectivity index (χ1) is 10.7. The first-order valence-electron chi connectivity index (χ1n) is 6.48. The van der Waals surface area contributed by atoms with Crippen LogP contribution in [0.1, 0.15) is 16.5 Å². The van der Waals surface area contributed by atoms with Crippen LogP contribution in [-0.4, -0.2) is 20.2 Å². The summed E-state index contributed by atoms with van der Waals surface area (Å²) < 4.78 is 1.70. The van der Waals surface area contributed by atoms with Gasteiger partial charge in [0.15, 0.2) is 0 Å². The molecule has 1 atom stereocenters. The number of rotatable bonds is 2. The number of thiophene rings is 1. The Hall–Kier alpha value is -1.89. The van der Waals surface area contributed by atoms with Crippen molar-refractivity contribution in [2.24, 2.45) is 0 Å². The van der Waals surface area contributed by atoms with Crippen molar-refractivity contribution in [3.8, 4) is 0 Å². The van der Waals surface area contributed by atoms with E-state index in [4.69, 9.17) is 23.2 Å². The fourth-order valence-electron chi connectivity index (χ4n) is 2.39. The Morgan fingerprint density at radius 1 is 1.23 bits per heavy atom. The molecule has 0 saturated heterocycles. The highest BCUT2D eigenvalue weighted by Crippen LogP contribution is 2.36. The Kier molecular flexibility index (Phi) is 3.37. The molecular weight excluding hydrogens is 341 g/mol. The lowest BCUT2D eigenvalue weighted by atomic mass is 10.0. The van der Waals surface area contributed by atoms with Crippen LogP contribution in [0, 0.1) is 0 Å². The second-order valence-corrected chi connectivity index (χ2v) is 6.53. The van der Waals surface area contributed by atoms with E-state index in [9.17, 15) is 0 Å². The van der Waals surface area contributed by atoms with Gasteiger partial charge in [-0.3, -0.25) is 0 Å². The molecule has 2 aromatic heterocycles. The van der Waals surface area contributed by atoms with Crippen molar-refractivity contribution in [3.63, 3.8) is 0 Å². The van der Waals surface area contributed by atoms with Crippen molar-refractivity contribution in [1.29, 1.82) is 0 Å². The number of fused-ring (bicyclic) bond motifs is 1. The third-order valence-electron chi connectivity index (χ3n) is 3.40. The molecule has 1 aliphatic heterocycles. The van der Waals surface area contributed by atoms with Gasteiger partial charge in [-0.1, -0.05) is 40.4 Å². The molecule has 0 fully saturated rings. The van der Waals surface area contributed by atoms with E-state index in [0.29, 0.717) is 16.0 Å². The average Bonchev–Trinajstić information content (AvgIpc) is 3.18. The number of tetrazole rings is 1. The van der Waals surface area contributed by atoms with Gasteiger partial charge in [-0.25, -0.2) is 0 Å². The number of hydrogen-bond acceptors (Lipinski definition) is 5. The van der Waals surface area contributed by atoms with Crippen molar-refractivity contribution in [2.45, 2.75) is 6.04 Å². The lowest BCUT2D eigenvalue weighted by Gasteiger charge is -2.23. The molecule has 22 heavy (non-hydrogen) atoms. The summed E-state index contributed by atoms with van der Waals surface area (Å²) in [7, 11) is 0. The largest absolute Gasteiger partial charge is 0.322 e. The number of halogens is 2. The summed E-state index contributed by atoms with van der Waals surface area (Å²) in [5.41, 5.74) is 1.86. The van der Waals surface area contributed by atoms with E-state index in [0.717, 1.165) is 16.1 Å². The summed E-state index contributed by atoms with van der Waals surface area (Å²) >= 11 is 14.0. The molecule has 8 heteroatoms. The SMILES string of the molecule is Clc1ccc([C@H]2C=C(c3cccs3)Nc3nnnn32)c(Cl)c1. The molecule has 0 aliphatic carbocycles. The number of allylic oxidation sites excluding steroid dienone is 1. The van der Waals surface area contributed by atoms with Gasteiger partial charge in [0.2, 0.25) is 5.95 Å². The number of hydrogen-bond donors (Lipinski definition) is 1. The summed E-state index contributed by atoms with van der Waals surface area (Å²) in [6.07, 6.45) is 2.06. The first-order valence-corrected chi connectivity index (χ1v) is 8.11. The van der Waals surface area contributed by atoms with Gasteiger partial charge in [0.05, 0.1) is 10.6 Å². The van der Waals surface area contributed by atoms with Gasteiger partial charge in [0.25, 0.3) is 0 Å². The number of benzene rings is 1. The van der Waals surface area contributed by atoms with Crippen LogP contribution in [0.2, 0.25) is 10.0 Å². The maximum Gasteiger partial charge on any atom is 0.248 e. The van der Waals surface area contributed by atoms with Crippen molar-refractivity contribution < 1.29 is 0 Å². The summed E-state index contributed by atoms with van der Waals surface area (Å²) in [6, 6.07) is 9.30. The molecule has 0 radical (unpaired) electrons. The molecule has 110 valence electrons. The van der Waals surface area contributed by atoms with Crippen LogP contribution in [0.4, 0.5) is 5.95 Å². The maximum atomic E-state index is 6.36. The van der Waals surface area contributed by atoms with Crippen molar-refractivity contribution in [2.75, 3.05) is 5.32 Å². The van der Waals surface area contributed by atoms with Crippen molar-refractivity contribution in [1.82, 2.24) is 20.2 Å². The predicted molar refractivity (Wildman–Crippen MR) is 88.3 cm³/mol. The van der Waals surface area contributed by atoms with Crippen LogP contribution in [0.15, 0.2) is 41.8 Å². The zero-order chi connectivity index (χ0) is 15.1. The van der Waals surface area contributed by atoms with Gasteiger partial charge in [-0.05, 0) is 45.6 Å². The molecule has 1 aromatic carbocycles. The molecule has 5 nitrogen and oxygen atoms in total. The molecule has 1 aliphatic rings. The Bertz CT molecular complexity index is 856. The van der Waals surface area contributed by atoms with E-state index in [1.807, 2.05) is 29.6 Å². The van der Waals surface area contributed by atoms with Gasteiger partial charge in [0, 0.05) is 10.0 Å². The van der Waals surface area contributed by atoms with E-state index in [1.54, 1.807) is 22.1 Å². The number of nitrogens with zero attached hydrogens (tertiary/aromatic N) is 4. The highest BCUT2D eigenvalue weighted by Gasteiger charge is 2.26. The summed E-state index contributed by atoms with van der Waals surface area (Å²) in [5, 5.41) is 18.3. The average molecular weight is 350 g/mol. The third kappa shape index (κ3) is 2.29. The summed E-state index contributed by atoms with van der Waals surface area (Å²) in [4.78, 5) is 1.12. The molecule has 0 amide bonds. The molecule has 0 bridgehead atoms. The van der Waals surface area contributed by atoms with E-state index >= 15 is 0 Å². The number of aromatic nitrogens is 4. The zero-order valence-corrected chi connectivity index (χ0v) is 13.4. The lowest BCUT2D eigenvalue weighted by Crippen LogP contribution is -2.20. The molecule has 0 spiro atoms. The molecule has 3 heterocycles. The lowest BCUT2D eigenvalue weighted by molar-refractivity contribution is 0.586. The van der Waals surface area contributed by atoms with E-state index < -0.39 is 0 Å². The molecule has 1 N–H and O–H groups in total. The molecule has 0 saturated carbocycles. The maximum absolute atomic E-state index is 6.36. The Morgan fingerprint density at radius 3 is 2.91 bits per heavy atom. The van der Waals surface area contributed by atoms with Crippen molar-refractivity contribution >= 4 is 46.2 Å². The highest BCUT2D eigenvalue weighted by molar-refractivity contribution is 7.11. The Labute approximate surface area is 140 Å². The van der Waals surface area contributed by atoms with E-state index in [-0.39, 0.29) is 6.04 Å². The molecule has 4 rings (SSSR count). The quantitative estimate of drug-likeness (QED) is 0.756. The minimum absolute atomic E-state index is 0.187. The monoisotopic (exact) mass is 349 g/mol. The van der Waals surface area contributed by atoms with Crippen LogP contribution in [-0.2, 0) is 0 Å². The van der Waals surface area contributed by atoms with E-state index in [1.165, 1.54) is 0 Å². The normalized spacial score (nSPS) is 16.8. The van der Waals surface area contributed by atoms with Gasteiger partial charge in [-0.15, -0.1) is 11.3 Å². The fraction of sp³-hybridized carbons (Fsp3) is 0.0714. The van der Waals surface area contributed by atoms with Crippen LogP contribution < -0.4 is 5.32 Å².